The Morgan fingerprint density at radius 3 is 2.76 bits per heavy atom. The minimum Gasteiger partial charge on any atom is -0.392 e. The third kappa shape index (κ3) is 4.04. The molecule has 2 unspecified atom stereocenters. The van der Waals surface area contributed by atoms with Gasteiger partial charge < -0.3 is 21.7 Å². The van der Waals surface area contributed by atoms with Gasteiger partial charge in [0.05, 0.1) is 12.2 Å². The number of benzene rings is 1. The molecule has 29 heavy (non-hydrogen) atoms. The summed E-state index contributed by atoms with van der Waals surface area (Å²) >= 11 is 3.44. The second kappa shape index (κ2) is 7.75. The van der Waals surface area contributed by atoms with Crippen LogP contribution in [0, 0.1) is 0 Å². The van der Waals surface area contributed by atoms with Crippen LogP contribution in [0.15, 0.2) is 64.9 Å². The van der Waals surface area contributed by atoms with Gasteiger partial charge in [-0.2, -0.15) is 5.10 Å². The van der Waals surface area contributed by atoms with Gasteiger partial charge in [0.25, 0.3) is 11.8 Å². The number of nitrogens with zero attached hydrogens (tertiary/aromatic N) is 2. The molecule has 2 atom stereocenters. The predicted molar refractivity (Wildman–Crippen MR) is 112 cm³/mol. The Bertz CT molecular complexity index is 1010. The first kappa shape index (κ1) is 19.3. The van der Waals surface area contributed by atoms with Gasteiger partial charge in [-0.05, 0) is 37.0 Å². The van der Waals surface area contributed by atoms with E-state index in [1.807, 2.05) is 41.3 Å². The lowest BCUT2D eigenvalue weighted by atomic mass is 10.1. The Balaban J connectivity index is 1.40. The number of hydrogen-bond donors (Lipinski definition) is 4. The molecule has 8 nitrogen and oxygen atoms in total. The van der Waals surface area contributed by atoms with Crippen LogP contribution in [0.1, 0.15) is 25.3 Å². The Hall–Kier alpha value is -3.07. The number of carbonyl (C=O) groups excluding carboxylic acids is 2. The van der Waals surface area contributed by atoms with Gasteiger partial charge >= 0.3 is 0 Å². The number of nitrogens with two attached hydrogens (primary N) is 1. The molecule has 2 aliphatic rings. The lowest BCUT2D eigenvalue weighted by Crippen LogP contribution is -2.47. The fraction of sp³-hybridized carbons (Fsp3) is 0.250. The highest BCUT2D eigenvalue weighted by Crippen LogP contribution is 2.31. The van der Waals surface area contributed by atoms with Crippen molar-refractivity contribution >= 4 is 27.7 Å². The minimum atomic E-state index is -0.528. The third-order valence-electron chi connectivity index (χ3n) is 5.17. The molecule has 150 valence electrons. The maximum absolute atomic E-state index is 12.6. The molecule has 1 saturated carbocycles. The summed E-state index contributed by atoms with van der Waals surface area (Å²) in [5.41, 5.74) is 7.79. The van der Waals surface area contributed by atoms with Crippen LogP contribution in [-0.4, -0.2) is 27.6 Å². The molecular weight excluding hydrogens is 436 g/mol. The van der Waals surface area contributed by atoms with Crippen LogP contribution in [0.3, 0.4) is 0 Å². The van der Waals surface area contributed by atoms with Crippen molar-refractivity contribution < 1.29 is 9.59 Å². The van der Waals surface area contributed by atoms with Crippen LogP contribution < -0.4 is 21.7 Å². The van der Waals surface area contributed by atoms with Crippen LogP contribution in [0.25, 0.3) is 11.1 Å². The minimum absolute atomic E-state index is 0.0202. The fourth-order valence-electron chi connectivity index (χ4n) is 3.66. The average Bonchev–Trinajstić information content (AvgIpc) is 3.34. The van der Waals surface area contributed by atoms with Crippen LogP contribution in [0.2, 0.25) is 0 Å². The van der Waals surface area contributed by atoms with Crippen molar-refractivity contribution in [1.29, 1.82) is 0 Å². The third-order valence-corrected chi connectivity index (χ3v) is 5.70. The van der Waals surface area contributed by atoms with Gasteiger partial charge in [-0.25, -0.2) is 0 Å². The van der Waals surface area contributed by atoms with E-state index in [0.717, 1.165) is 34.9 Å². The van der Waals surface area contributed by atoms with E-state index in [4.69, 9.17) is 5.73 Å². The molecule has 1 aromatic heterocycles. The van der Waals surface area contributed by atoms with Crippen LogP contribution in [0.4, 0.5) is 0 Å². The first-order valence-electron chi connectivity index (χ1n) is 9.28. The molecule has 0 spiro atoms. The van der Waals surface area contributed by atoms with Gasteiger partial charge in [0.15, 0.2) is 0 Å². The standard InChI is InChI=1S/C20H21BrN6O2/c1-11-24-18(17(22)19(28)25-11)20(29)26-15-6-7-16(8-15)27-10-13(9-23-27)12-2-4-14(21)5-3-12/h2-5,9-10,15-16,24H,1,6-8,22H2,(H,25,28)(H,26,29). The van der Waals surface area contributed by atoms with Gasteiger partial charge in [-0.15, -0.1) is 0 Å². The summed E-state index contributed by atoms with van der Waals surface area (Å²) in [5, 5.41) is 12.6. The zero-order valence-corrected chi connectivity index (χ0v) is 17.2. The van der Waals surface area contributed by atoms with E-state index in [0.29, 0.717) is 0 Å². The van der Waals surface area contributed by atoms with Gasteiger partial charge in [-0.1, -0.05) is 34.6 Å². The summed E-state index contributed by atoms with van der Waals surface area (Å²) in [6.07, 6.45) is 6.38. The zero-order valence-electron chi connectivity index (χ0n) is 15.6. The van der Waals surface area contributed by atoms with Crippen molar-refractivity contribution in [1.82, 2.24) is 25.7 Å². The molecular formula is C20H21BrN6O2. The molecule has 2 amide bonds. The van der Waals surface area contributed by atoms with Gasteiger partial charge in [-0.3, -0.25) is 14.3 Å². The molecule has 0 bridgehead atoms. The number of halogens is 1. The van der Waals surface area contributed by atoms with E-state index in [-0.39, 0.29) is 29.3 Å². The van der Waals surface area contributed by atoms with Crippen LogP contribution >= 0.6 is 15.9 Å². The zero-order chi connectivity index (χ0) is 20.5. The summed E-state index contributed by atoms with van der Waals surface area (Å²) < 4.78 is 3.00. The number of rotatable bonds is 4. The second-order valence-electron chi connectivity index (χ2n) is 7.20. The highest BCUT2D eigenvalue weighted by molar-refractivity contribution is 9.10. The Morgan fingerprint density at radius 2 is 2.00 bits per heavy atom. The first-order chi connectivity index (χ1) is 13.9. The largest absolute Gasteiger partial charge is 0.392 e. The lowest BCUT2D eigenvalue weighted by Gasteiger charge is -2.22. The predicted octanol–water partition coefficient (Wildman–Crippen LogP) is 1.88. The molecule has 0 saturated heterocycles. The topological polar surface area (TPSA) is 114 Å². The van der Waals surface area contributed by atoms with E-state index in [9.17, 15) is 9.59 Å². The molecule has 2 aromatic rings. The van der Waals surface area contributed by atoms with Crippen molar-refractivity contribution in [2.45, 2.75) is 31.3 Å². The van der Waals surface area contributed by atoms with E-state index in [1.54, 1.807) is 0 Å². The monoisotopic (exact) mass is 456 g/mol. The Morgan fingerprint density at radius 1 is 1.24 bits per heavy atom. The summed E-state index contributed by atoms with van der Waals surface area (Å²) in [6.45, 7) is 3.62. The molecule has 1 aromatic carbocycles. The molecule has 4 rings (SSSR count). The van der Waals surface area contributed by atoms with Gasteiger partial charge in [0.1, 0.15) is 17.2 Å². The average molecular weight is 457 g/mol. The molecule has 5 N–H and O–H groups in total. The molecule has 2 heterocycles. The molecule has 1 aliphatic carbocycles. The molecule has 1 aliphatic heterocycles. The SMILES string of the molecule is C=C1NC(=O)C(N)=C(C(=O)NC2CCC(n3cc(-c4ccc(Br)cc4)cn3)C2)N1. The summed E-state index contributed by atoms with van der Waals surface area (Å²) in [4.78, 5) is 24.3. The van der Waals surface area contributed by atoms with Crippen molar-refractivity contribution in [3.63, 3.8) is 0 Å². The van der Waals surface area contributed by atoms with Gasteiger partial charge in [0.2, 0.25) is 0 Å². The highest BCUT2D eigenvalue weighted by Gasteiger charge is 2.31. The Kier molecular flexibility index (Phi) is 5.14. The number of aromatic nitrogens is 2. The van der Waals surface area contributed by atoms with Gasteiger partial charge in [0, 0.05) is 22.3 Å². The molecule has 9 heteroatoms. The number of hydrogen-bond acceptors (Lipinski definition) is 5. The first-order valence-corrected chi connectivity index (χ1v) is 10.1. The normalized spacial score (nSPS) is 21.7. The molecule has 0 radical (unpaired) electrons. The number of amides is 2. The van der Waals surface area contributed by atoms with E-state index < -0.39 is 11.8 Å². The quantitative estimate of drug-likeness (QED) is 0.560. The van der Waals surface area contributed by atoms with E-state index in [2.05, 4.69) is 43.6 Å². The van der Waals surface area contributed by atoms with Crippen molar-refractivity contribution in [2.75, 3.05) is 0 Å². The smallest absolute Gasteiger partial charge is 0.274 e. The number of carbonyl (C=O) groups is 2. The van der Waals surface area contributed by atoms with Crippen LogP contribution in [0.5, 0.6) is 0 Å². The molecule has 1 fully saturated rings. The van der Waals surface area contributed by atoms with Crippen LogP contribution in [-0.2, 0) is 9.59 Å². The second-order valence-corrected chi connectivity index (χ2v) is 8.12. The summed E-state index contributed by atoms with van der Waals surface area (Å²) in [6, 6.07) is 8.27. The fourth-order valence-corrected chi connectivity index (χ4v) is 3.93. The van der Waals surface area contributed by atoms with E-state index in [1.165, 1.54) is 0 Å². The van der Waals surface area contributed by atoms with Crippen molar-refractivity contribution in [3.05, 3.63) is 64.9 Å². The maximum atomic E-state index is 12.6. The summed E-state index contributed by atoms with van der Waals surface area (Å²) in [5.74, 6) is -0.698. The maximum Gasteiger partial charge on any atom is 0.274 e. The van der Waals surface area contributed by atoms with Crippen molar-refractivity contribution in [2.24, 2.45) is 5.73 Å². The highest BCUT2D eigenvalue weighted by atomic mass is 79.9. The number of nitrogens with one attached hydrogen (secondary N) is 3. The van der Waals surface area contributed by atoms with Crippen molar-refractivity contribution in [3.8, 4) is 11.1 Å². The lowest BCUT2D eigenvalue weighted by molar-refractivity contribution is -0.121. The summed E-state index contributed by atoms with van der Waals surface area (Å²) in [7, 11) is 0. The van der Waals surface area contributed by atoms with E-state index >= 15 is 0 Å². The Labute approximate surface area is 176 Å².